The van der Waals surface area contributed by atoms with E-state index < -0.39 is 0 Å². The lowest BCUT2D eigenvalue weighted by Crippen LogP contribution is -2.04. The monoisotopic (exact) mass is 239 g/mol. The molecule has 1 aromatic carbocycles. The molecule has 0 saturated heterocycles. The van der Waals surface area contributed by atoms with Gasteiger partial charge in [-0.25, -0.2) is 0 Å². The van der Waals surface area contributed by atoms with Crippen molar-refractivity contribution in [3.63, 3.8) is 0 Å². The molecule has 4 nitrogen and oxygen atoms in total. The van der Waals surface area contributed by atoms with Crippen LogP contribution in [0, 0.1) is 0 Å². The van der Waals surface area contributed by atoms with Crippen molar-refractivity contribution >= 4 is 0 Å². The minimum atomic E-state index is 0.247. The van der Waals surface area contributed by atoms with Gasteiger partial charge in [0.1, 0.15) is 11.5 Å². The van der Waals surface area contributed by atoms with Crippen molar-refractivity contribution in [3.8, 4) is 11.5 Å². The van der Waals surface area contributed by atoms with E-state index in [2.05, 4.69) is 0 Å². The van der Waals surface area contributed by atoms with Crippen LogP contribution in [0.2, 0.25) is 0 Å². The van der Waals surface area contributed by atoms with Crippen LogP contribution in [0.25, 0.3) is 0 Å². The predicted molar refractivity (Wildman–Crippen MR) is 67.3 cm³/mol. The van der Waals surface area contributed by atoms with Crippen molar-refractivity contribution in [1.82, 2.24) is 0 Å². The molecule has 0 aromatic heterocycles. The Morgan fingerprint density at radius 2 is 2.06 bits per heavy atom. The Labute approximate surface area is 102 Å². The molecule has 1 aromatic rings. The number of hydrogen-bond acceptors (Lipinski definition) is 4. The Kier molecular flexibility index (Phi) is 6.43. The Balaban J connectivity index is 2.46. The van der Waals surface area contributed by atoms with Crippen molar-refractivity contribution in [3.05, 3.63) is 23.8 Å². The van der Waals surface area contributed by atoms with Gasteiger partial charge in [-0.2, -0.15) is 0 Å². The highest BCUT2D eigenvalue weighted by molar-refractivity contribution is 5.40. The van der Waals surface area contributed by atoms with Gasteiger partial charge >= 0.3 is 0 Å². The molecule has 0 atom stereocenters. The minimum Gasteiger partial charge on any atom is -0.497 e. The van der Waals surface area contributed by atoms with E-state index in [1.54, 1.807) is 7.11 Å². The van der Waals surface area contributed by atoms with Gasteiger partial charge in [0.25, 0.3) is 0 Å². The summed E-state index contributed by atoms with van der Waals surface area (Å²) in [5.74, 6) is 1.61. The largest absolute Gasteiger partial charge is 0.497 e. The molecule has 96 valence electrons. The molecule has 0 fully saturated rings. The standard InChI is InChI=1S/C13H21NO3/c1-16-12-5-6-13(11(9-12)10-14)17-8-4-2-3-7-15/h5-6,9,15H,2-4,7-8,10,14H2,1H3. The second-order valence-electron chi connectivity index (χ2n) is 3.81. The lowest BCUT2D eigenvalue weighted by molar-refractivity contribution is 0.265. The molecule has 0 aliphatic rings. The van der Waals surface area contributed by atoms with E-state index in [4.69, 9.17) is 20.3 Å². The number of benzene rings is 1. The summed E-state index contributed by atoms with van der Waals surface area (Å²) in [6.07, 6.45) is 2.75. The first-order valence-electron chi connectivity index (χ1n) is 5.92. The second kappa shape index (κ2) is 7.92. The van der Waals surface area contributed by atoms with Gasteiger partial charge in [-0.3, -0.25) is 0 Å². The van der Waals surface area contributed by atoms with Crippen molar-refractivity contribution in [1.29, 1.82) is 0 Å². The van der Waals surface area contributed by atoms with Crippen LogP contribution in [-0.2, 0) is 6.54 Å². The number of methoxy groups -OCH3 is 1. The number of rotatable bonds is 8. The molecule has 0 aliphatic carbocycles. The maximum absolute atomic E-state index is 8.65. The highest BCUT2D eigenvalue weighted by atomic mass is 16.5. The van der Waals surface area contributed by atoms with Crippen LogP contribution >= 0.6 is 0 Å². The lowest BCUT2D eigenvalue weighted by atomic mass is 10.2. The molecule has 4 heteroatoms. The minimum absolute atomic E-state index is 0.247. The molecule has 0 amide bonds. The third kappa shape index (κ3) is 4.63. The quantitative estimate of drug-likeness (QED) is 0.678. The number of ether oxygens (including phenoxy) is 2. The highest BCUT2D eigenvalue weighted by Crippen LogP contribution is 2.23. The smallest absolute Gasteiger partial charge is 0.124 e. The summed E-state index contributed by atoms with van der Waals surface area (Å²) in [5, 5.41) is 8.65. The Morgan fingerprint density at radius 1 is 1.24 bits per heavy atom. The molecule has 0 unspecified atom stereocenters. The van der Waals surface area contributed by atoms with Crippen LogP contribution in [0.5, 0.6) is 11.5 Å². The normalized spacial score (nSPS) is 10.3. The highest BCUT2D eigenvalue weighted by Gasteiger charge is 2.04. The summed E-state index contributed by atoms with van der Waals surface area (Å²) < 4.78 is 10.8. The first-order chi connectivity index (χ1) is 8.31. The van der Waals surface area contributed by atoms with Crippen LogP contribution in [-0.4, -0.2) is 25.4 Å². The van der Waals surface area contributed by atoms with Gasteiger partial charge < -0.3 is 20.3 Å². The summed E-state index contributed by atoms with van der Waals surface area (Å²) in [6.45, 7) is 1.33. The van der Waals surface area contributed by atoms with Gasteiger partial charge in [0.2, 0.25) is 0 Å². The van der Waals surface area contributed by atoms with Crippen molar-refractivity contribution in [2.75, 3.05) is 20.3 Å². The molecule has 3 N–H and O–H groups in total. The maximum Gasteiger partial charge on any atom is 0.124 e. The topological polar surface area (TPSA) is 64.7 Å². The van der Waals surface area contributed by atoms with E-state index in [1.807, 2.05) is 18.2 Å². The van der Waals surface area contributed by atoms with Gasteiger partial charge in [-0.05, 0) is 37.5 Å². The summed E-state index contributed by atoms with van der Waals surface area (Å²) in [7, 11) is 1.63. The van der Waals surface area contributed by atoms with Crippen molar-refractivity contribution < 1.29 is 14.6 Å². The summed E-state index contributed by atoms with van der Waals surface area (Å²) in [6, 6.07) is 5.64. The Bertz CT molecular complexity index is 328. The SMILES string of the molecule is COc1ccc(OCCCCCO)c(CN)c1. The first kappa shape index (κ1) is 13.8. The summed E-state index contributed by atoms with van der Waals surface area (Å²) >= 11 is 0. The zero-order valence-corrected chi connectivity index (χ0v) is 10.3. The molecule has 1 rings (SSSR count). The average Bonchev–Trinajstić information content (AvgIpc) is 2.38. The maximum atomic E-state index is 8.65. The molecule has 0 aliphatic heterocycles. The molecular weight excluding hydrogens is 218 g/mol. The second-order valence-corrected chi connectivity index (χ2v) is 3.81. The number of nitrogens with two attached hydrogens (primary N) is 1. The Morgan fingerprint density at radius 3 is 2.71 bits per heavy atom. The van der Waals surface area contributed by atoms with Crippen LogP contribution in [0.1, 0.15) is 24.8 Å². The van der Waals surface area contributed by atoms with E-state index in [9.17, 15) is 0 Å². The molecule has 0 radical (unpaired) electrons. The third-order valence-electron chi connectivity index (χ3n) is 2.55. The molecular formula is C13H21NO3. The van der Waals surface area contributed by atoms with Crippen molar-refractivity contribution in [2.45, 2.75) is 25.8 Å². The predicted octanol–water partition coefficient (Wildman–Crippen LogP) is 1.70. The number of unbranched alkanes of at least 4 members (excludes halogenated alkanes) is 2. The van der Waals surface area contributed by atoms with Crippen LogP contribution < -0.4 is 15.2 Å². The van der Waals surface area contributed by atoms with E-state index in [1.165, 1.54) is 0 Å². The molecule has 0 spiro atoms. The van der Waals surface area contributed by atoms with E-state index >= 15 is 0 Å². The van der Waals surface area contributed by atoms with E-state index in [0.29, 0.717) is 13.2 Å². The van der Waals surface area contributed by atoms with E-state index in [-0.39, 0.29) is 6.61 Å². The number of hydrogen-bond donors (Lipinski definition) is 2. The fraction of sp³-hybridized carbons (Fsp3) is 0.538. The fourth-order valence-electron chi connectivity index (χ4n) is 1.56. The van der Waals surface area contributed by atoms with Gasteiger partial charge in [0, 0.05) is 18.7 Å². The van der Waals surface area contributed by atoms with Crippen LogP contribution in [0.15, 0.2) is 18.2 Å². The van der Waals surface area contributed by atoms with Gasteiger partial charge in [-0.1, -0.05) is 0 Å². The first-order valence-corrected chi connectivity index (χ1v) is 5.92. The van der Waals surface area contributed by atoms with Crippen molar-refractivity contribution in [2.24, 2.45) is 5.73 Å². The molecule has 17 heavy (non-hydrogen) atoms. The molecule has 0 saturated carbocycles. The van der Waals surface area contributed by atoms with E-state index in [0.717, 1.165) is 36.3 Å². The number of aliphatic hydroxyl groups is 1. The zero-order valence-electron chi connectivity index (χ0n) is 10.3. The van der Waals surface area contributed by atoms with Crippen LogP contribution in [0.3, 0.4) is 0 Å². The molecule has 0 bridgehead atoms. The lowest BCUT2D eigenvalue weighted by Gasteiger charge is -2.11. The molecule has 0 heterocycles. The van der Waals surface area contributed by atoms with Crippen LogP contribution in [0.4, 0.5) is 0 Å². The fourth-order valence-corrected chi connectivity index (χ4v) is 1.56. The van der Waals surface area contributed by atoms with Gasteiger partial charge in [0.05, 0.1) is 13.7 Å². The number of aliphatic hydroxyl groups excluding tert-OH is 1. The summed E-state index contributed by atoms with van der Waals surface area (Å²) in [5.41, 5.74) is 6.61. The third-order valence-corrected chi connectivity index (χ3v) is 2.55. The Hall–Kier alpha value is -1.26. The summed E-state index contributed by atoms with van der Waals surface area (Å²) in [4.78, 5) is 0. The van der Waals surface area contributed by atoms with Gasteiger partial charge in [0.15, 0.2) is 0 Å². The zero-order chi connectivity index (χ0) is 12.5. The van der Waals surface area contributed by atoms with Gasteiger partial charge in [-0.15, -0.1) is 0 Å². The average molecular weight is 239 g/mol.